The summed E-state index contributed by atoms with van der Waals surface area (Å²) < 4.78 is 5.40. The maximum absolute atomic E-state index is 5.40. The molecule has 0 radical (unpaired) electrons. The van der Waals surface area contributed by atoms with E-state index in [1.54, 1.807) is 0 Å². The number of rotatable bonds is 4. The van der Waals surface area contributed by atoms with Crippen molar-refractivity contribution in [2.75, 3.05) is 39.9 Å². The topological polar surface area (TPSA) is 24.5 Å². The Labute approximate surface area is 99.5 Å². The smallest absolute Gasteiger partial charge is 0.0468 e. The van der Waals surface area contributed by atoms with Gasteiger partial charge in [-0.25, -0.2) is 0 Å². The van der Waals surface area contributed by atoms with Crippen LogP contribution in [0.1, 0.15) is 32.1 Å². The van der Waals surface area contributed by atoms with Gasteiger partial charge in [-0.3, -0.25) is 0 Å². The standard InChI is InChI=1S/C13H26N2O/c1-15(13-3-2-7-14-11-13)8-4-12-5-9-16-10-6-12/h12-14H,2-11H2,1H3. The van der Waals surface area contributed by atoms with E-state index in [0.29, 0.717) is 0 Å². The number of ether oxygens (including phenoxy) is 1. The van der Waals surface area contributed by atoms with Crippen LogP contribution < -0.4 is 5.32 Å². The van der Waals surface area contributed by atoms with Gasteiger partial charge < -0.3 is 15.0 Å². The van der Waals surface area contributed by atoms with Crippen molar-refractivity contribution < 1.29 is 4.74 Å². The summed E-state index contributed by atoms with van der Waals surface area (Å²) >= 11 is 0. The van der Waals surface area contributed by atoms with Gasteiger partial charge >= 0.3 is 0 Å². The second kappa shape index (κ2) is 6.58. The number of piperidine rings is 1. The van der Waals surface area contributed by atoms with Gasteiger partial charge in [-0.2, -0.15) is 0 Å². The maximum atomic E-state index is 5.40. The highest BCUT2D eigenvalue weighted by Crippen LogP contribution is 2.19. The summed E-state index contributed by atoms with van der Waals surface area (Å²) in [4.78, 5) is 2.56. The van der Waals surface area contributed by atoms with Crippen molar-refractivity contribution in [1.82, 2.24) is 10.2 Å². The molecule has 3 heteroatoms. The van der Waals surface area contributed by atoms with Gasteiger partial charge in [0.25, 0.3) is 0 Å². The van der Waals surface area contributed by atoms with Crippen LogP contribution in [0.2, 0.25) is 0 Å². The summed E-state index contributed by atoms with van der Waals surface area (Å²) in [6, 6.07) is 0.772. The summed E-state index contributed by atoms with van der Waals surface area (Å²) in [5.41, 5.74) is 0. The van der Waals surface area contributed by atoms with Crippen LogP contribution >= 0.6 is 0 Å². The quantitative estimate of drug-likeness (QED) is 0.786. The molecule has 2 aliphatic rings. The van der Waals surface area contributed by atoms with Crippen LogP contribution in [0.25, 0.3) is 0 Å². The normalized spacial score (nSPS) is 28.5. The van der Waals surface area contributed by atoms with Gasteiger partial charge in [0.1, 0.15) is 0 Å². The van der Waals surface area contributed by atoms with Crippen LogP contribution in [-0.2, 0) is 4.74 Å². The molecule has 0 spiro atoms. The molecule has 2 fully saturated rings. The highest BCUT2D eigenvalue weighted by Gasteiger charge is 2.19. The Hall–Kier alpha value is -0.120. The van der Waals surface area contributed by atoms with E-state index in [9.17, 15) is 0 Å². The van der Waals surface area contributed by atoms with Crippen LogP contribution in [-0.4, -0.2) is 50.8 Å². The SMILES string of the molecule is CN(CCC1CCOCC1)C1CCCNC1. The van der Waals surface area contributed by atoms with Gasteiger partial charge in [0.05, 0.1) is 0 Å². The summed E-state index contributed by atoms with van der Waals surface area (Å²) in [7, 11) is 2.29. The van der Waals surface area contributed by atoms with Crippen LogP contribution in [0.4, 0.5) is 0 Å². The van der Waals surface area contributed by atoms with Gasteiger partial charge in [0.15, 0.2) is 0 Å². The van der Waals surface area contributed by atoms with Gasteiger partial charge in [-0.15, -0.1) is 0 Å². The molecule has 1 atom stereocenters. The minimum atomic E-state index is 0.772. The lowest BCUT2D eigenvalue weighted by atomic mass is 9.96. The Morgan fingerprint density at radius 3 is 2.75 bits per heavy atom. The van der Waals surface area contributed by atoms with Crippen molar-refractivity contribution in [2.45, 2.75) is 38.1 Å². The Morgan fingerprint density at radius 1 is 1.25 bits per heavy atom. The molecule has 0 amide bonds. The molecule has 0 saturated carbocycles. The number of nitrogens with zero attached hydrogens (tertiary/aromatic N) is 1. The lowest BCUT2D eigenvalue weighted by Gasteiger charge is -2.33. The molecule has 0 bridgehead atoms. The predicted molar refractivity (Wildman–Crippen MR) is 66.7 cm³/mol. The first kappa shape index (κ1) is 12.3. The lowest BCUT2D eigenvalue weighted by Crippen LogP contribution is -2.44. The zero-order chi connectivity index (χ0) is 11.2. The number of hydrogen-bond acceptors (Lipinski definition) is 3. The van der Waals surface area contributed by atoms with E-state index in [-0.39, 0.29) is 0 Å². The van der Waals surface area contributed by atoms with Crippen LogP contribution in [0.5, 0.6) is 0 Å². The predicted octanol–water partition coefficient (Wildman–Crippen LogP) is 1.49. The van der Waals surface area contributed by atoms with Crippen molar-refractivity contribution in [3.63, 3.8) is 0 Å². The van der Waals surface area contributed by atoms with E-state index in [0.717, 1.165) is 25.2 Å². The Balaban J connectivity index is 1.63. The fourth-order valence-electron chi connectivity index (χ4n) is 2.81. The fourth-order valence-corrected chi connectivity index (χ4v) is 2.81. The Bertz CT molecular complexity index is 186. The van der Waals surface area contributed by atoms with E-state index in [1.165, 1.54) is 51.7 Å². The second-order valence-electron chi connectivity index (χ2n) is 5.33. The fraction of sp³-hybridized carbons (Fsp3) is 1.00. The number of likely N-dealkylation sites (N-methyl/N-ethyl adjacent to an activating group) is 1. The van der Waals surface area contributed by atoms with Crippen molar-refractivity contribution in [3.8, 4) is 0 Å². The third-order valence-electron chi connectivity index (χ3n) is 4.13. The van der Waals surface area contributed by atoms with Crippen molar-refractivity contribution >= 4 is 0 Å². The van der Waals surface area contributed by atoms with Crippen molar-refractivity contribution in [2.24, 2.45) is 5.92 Å². The molecule has 3 nitrogen and oxygen atoms in total. The highest BCUT2D eigenvalue weighted by molar-refractivity contribution is 4.77. The van der Waals surface area contributed by atoms with E-state index in [2.05, 4.69) is 17.3 Å². The average molecular weight is 226 g/mol. The highest BCUT2D eigenvalue weighted by atomic mass is 16.5. The molecule has 2 heterocycles. The van der Waals surface area contributed by atoms with Crippen LogP contribution in [0.3, 0.4) is 0 Å². The molecule has 1 N–H and O–H groups in total. The molecule has 94 valence electrons. The Morgan fingerprint density at radius 2 is 2.06 bits per heavy atom. The second-order valence-corrected chi connectivity index (χ2v) is 5.33. The van der Waals surface area contributed by atoms with Gasteiger partial charge in [-0.1, -0.05) is 0 Å². The summed E-state index contributed by atoms with van der Waals surface area (Å²) in [6.45, 7) is 5.63. The van der Waals surface area contributed by atoms with E-state index >= 15 is 0 Å². The summed E-state index contributed by atoms with van der Waals surface area (Å²) in [6.07, 6.45) is 6.62. The molecule has 0 aromatic heterocycles. The first-order chi connectivity index (χ1) is 7.86. The third-order valence-corrected chi connectivity index (χ3v) is 4.13. The first-order valence-electron chi connectivity index (χ1n) is 6.85. The van der Waals surface area contributed by atoms with E-state index in [1.807, 2.05) is 0 Å². The lowest BCUT2D eigenvalue weighted by molar-refractivity contribution is 0.0587. The minimum absolute atomic E-state index is 0.772. The molecule has 1 unspecified atom stereocenters. The largest absolute Gasteiger partial charge is 0.381 e. The van der Waals surface area contributed by atoms with Crippen LogP contribution in [0, 0.1) is 5.92 Å². The van der Waals surface area contributed by atoms with E-state index < -0.39 is 0 Å². The zero-order valence-corrected chi connectivity index (χ0v) is 10.6. The molecule has 0 aliphatic carbocycles. The summed E-state index contributed by atoms with van der Waals surface area (Å²) in [5, 5.41) is 3.49. The monoisotopic (exact) mass is 226 g/mol. The van der Waals surface area contributed by atoms with Gasteiger partial charge in [-0.05, 0) is 58.2 Å². The first-order valence-corrected chi connectivity index (χ1v) is 6.85. The molecular formula is C13H26N2O. The van der Waals surface area contributed by atoms with Crippen molar-refractivity contribution in [1.29, 1.82) is 0 Å². The molecule has 16 heavy (non-hydrogen) atoms. The third kappa shape index (κ3) is 3.72. The Kier molecular flexibility index (Phi) is 5.07. The molecule has 0 aromatic carbocycles. The van der Waals surface area contributed by atoms with Crippen LogP contribution in [0.15, 0.2) is 0 Å². The summed E-state index contributed by atoms with van der Waals surface area (Å²) in [5.74, 6) is 0.910. The maximum Gasteiger partial charge on any atom is 0.0468 e. The molecule has 2 rings (SSSR count). The van der Waals surface area contributed by atoms with Gasteiger partial charge in [0.2, 0.25) is 0 Å². The number of nitrogens with one attached hydrogen (secondary N) is 1. The van der Waals surface area contributed by atoms with Gasteiger partial charge in [0, 0.05) is 25.8 Å². The number of hydrogen-bond donors (Lipinski definition) is 1. The molecule has 2 saturated heterocycles. The molecule has 0 aromatic rings. The zero-order valence-electron chi connectivity index (χ0n) is 10.6. The molecular weight excluding hydrogens is 200 g/mol. The van der Waals surface area contributed by atoms with Crippen molar-refractivity contribution in [3.05, 3.63) is 0 Å². The molecule has 2 aliphatic heterocycles. The van der Waals surface area contributed by atoms with E-state index in [4.69, 9.17) is 4.74 Å². The average Bonchev–Trinajstić information content (AvgIpc) is 2.38. The minimum Gasteiger partial charge on any atom is -0.381 e.